The Hall–Kier alpha value is -3.21. The molecule has 0 atom stereocenters. The van der Waals surface area contributed by atoms with Gasteiger partial charge in [0.25, 0.3) is 0 Å². The van der Waals surface area contributed by atoms with Crippen LogP contribution in [0.2, 0.25) is 5.02 Å². The first-order valence-electron chi connectivity index (χ1n) is 8.13. The number of ketones is 1. The van der Waals surface area contributed by atoms with Gasteiger partial charge in [0, 0.05) is 17.3 Å². The molecular formula is C20H14ClN3O3S. The minimum Gasteiger partial charge on any atom is -0.469 e. The van der Waals surface area contributed by atoms with E-state index in [-0.39, 0.29) is 11.5 Å². The molecule has 0 bridgehead atoms. The molecule has 0 spiro atoms. The number of anilines is 2. The van der Waals surface area contributed by atoms with Crippen molar-refractivity contribution in [3.63, 3.8) is 0 Å². The lowest BCUT2D eigenvalue weighted by atomic mass is 10.0. The highest BCUT2D eigenvalue weighted by atomic mass is 35.5. The molecular weight excluding hydrogens is 398 g/mol. The Balaban J connectivity index is 1.95. The molecule has 140 valence electrons. The smallest absolute Gasteiger partial charge is 0.230 e. The van der Waals surface area contributed by atoms with Crippen LogP contribution in [0.4, 0.5) is 10.8 Å². The fourth-order valence-corrected chi connectivity index (χ4v) is 3.58. The number of Topliss-reactive ketones (excluding diaryl/α,β-unsaturated/α-hetero) is 1. The zero-order chi connectivity index (χ0) is 20.3. The van der Waals surface area contributed by atoms with Crippen LogP contribution in [0.15, 0.2) is 52.0 Å². The van der Waals surface area contributed by atoms with Gasteiger partial charge in [-0.2, -0.15) is 5.26 Å². The summed E-state index contributed by atoms with van der Waals surface area (Å²) in [4.78, 5) is 30.5. The molecule has 8 heteroatoms. The van der Waals surface area contributed by atoms with E-state index < -0.39 is 5.78 Å². The minimum atomic E-state index is -0.443. The van der Waals surface area contributed by atoms with Crippen molar-refractivity contribution >= 4 is 51.5 Å². The number of carbonyl (C=O) groups is 2. The Bertz CT molecular complexity index is 1120. The highest BCUT2D eigenvalue weighted by molar-refractivity contribution is 7.14. The molecule has 3 rings (SSSR count). The second kappa shape index (κ2) is 8.21. The first-order valence-corrected chi connectivity index (χ1v) is 9.39. The number of nitrogens with zero attached hydrogens (tertiary/aromatic N) is 3. The summed E-state index contributed by atoms with van der Waals surface area (Å²) >= 11 is 7.24. The number of amides is 1. The second-order valence-corrected chi connectivity index (χ2v) is 7.05. The number of nitriles is 1. The van der Waals surface area contributed by atoms with Gasteiger partial charge in [0.15, 0.2) is 5.13 Å². The SMILES string of the molecule is CC(=O)N(c1cccc(Cl)c1)c1nc(/C=C(\C#N)C(=O)c2ccoc2C)cs1. The highest BCUT2D eigenvalue weighted by Gasteiger charge is 2.20. The summed E-state index contributed by atoms with van der Waals surface area (Å²) in [6.45, 7) is 3.07. The quantitative estimate of drug-likeness (QED) is 0.328. The number of thiazole rings is 1. The summed E-state index contributed by atoms with van der Waals surface area (Å²) in [7, 11) is 0. The average molecular weight is 412 g/mol. The van der Waals surface area contributed by atoms with Crippen LogP contribution in [0.25, 0.3) is 6.08 Å². The minimum absolute atomic E-state index is 0.0709. The number of carbonyl (C=O) groups excluding carboxylic acids is 2. The molecule has 0 aliphatic carbocycles. The first kappa shape index (κ1) is 19.5. The standard InChI is InChI=1S/C20H14ClN3O3S/c1-12-18(6-7-27-12)19(26)14(10-22)8-16-11-28-20(23-16)24(13(2)25)17-5-3-4-15(21)9-17/h3-9,11H,1-2H3/b14-8+. The molecule has 2 heterocycles. The lowest BCUT2D eigenvalue weighted by Gasteiger charge is -2.18. The fourth-order valence-electron chi connectivity index (χ4n) is 2.55. The van der Waals surface area contributed by atoms with Gasteiger partial charge in [0.2, 0.25) is 11.7 Å². The number of aryl methyl sites for hydroxylation is 1. The number of hydrogen-bond donors (Lipinski definition) is 0. The number of benzene rings is 1. The lowest BCUT2D eigenvalue weighted by Crippen LogP contribution is -2.22. The van der Waals surface area contributed by atoms with E-state index in [1.807, 2.05) is 6.07 Å². The number of furan rings is 1. The van der Waals surface area contributed by atoms with Crippen molar-refractivity contribution in [1.82, 2.24) is 4.98 Å². The molecule has 2 aromatic heterocycles. The highest BCUT2D eigenvalue weighted by Crippen LogP contribution is 2.31. The van der Waals surface area contributed by atoms with Crippen LogP contribution in [0.5, 0.6) is 0 Å². The molecule has 0 N–H and O–H groups in total. The third kappa shape index (κ3) is 4.03. The van der Waals surface area contributed by atoms with E-state index in [0.29, 0.717) is 32.9 Å². The molecule has 1 aromatic carbocycles. The Labute approximate surface area is 170 Å². The van der Waals surface area contributed by atoms with Crippen LogP contribution in [0, 0.1) is 18.3 Å². The third-order valence-electron chi connectivity index (χ3n) is 3.84. The summed E-state index contributed by atoms with van der Waals surface area (Å²) < 4.78 is 5.13. The van der Waals surface area contributed by atoms with Gasteiger partial charge in [-0.05, 0) is 37.3 Å². The van der Waals surface area contributed by atoms with Crippen molar-refractivity contribution in [1.29, 1.82) is 5.26 Å². The molecule has 28 heavy (non-hydrogen) atoms. The van der Waals surface area contributed by atoms with E-state index in [1.54, 1.807) is 36.6 Å². The molecule has 0 saturated heterocycles. The Morgan fingerprint density at radius 3 is 2.75 bits per heavy atom. The molecule has 0 unspecified atom stereocenters. The topological polar surface area (TPSA) is 87.2 Å². The van der Waals surface area contributed by atoms with Crippen LogP contribution in [-0.4, -0.2) is 16.7 Å². The average Bonchev–Trinajstić information content (AvgIpc) is 3.28. The summed E-state index contributed by atoms with van der Waals surface area (Å²) in [5.74, 6) is -0.242. The monoisotopic (exact) mass is 411 g/mol. The summed E-state index contributed by atoms with van der Waals surface area (Å²) in [5, 5.41) is 12.0. The Morgan fingerprint density at radius 2 is 2.14 bits per heavy atom. The molecule has 6 nitrogen and oxygen atoms in total. The largest absolute Gasteiger partial charge is 0.469 e. The van der Waals surface area contributed by atoms with Crippen LogP contribution in [-0.2, 0) is 4.79 Å². The normalized spacial score (nSPS) is 11.1. The van der Waals surface area contributed by atoms with Crippen molar-refractivity contribution in [2.75, 3.05) is 4.90 Å². The summed E-state index contributed by atoms with van der Waals surface area (Å²) in [5.41, 5.74) is 1.24. The van der Waals surface area contributed by atoms with E-state index in [1.165, 1.54) is 41.6 Å². The maximum absolute atomic E-state index is 12.5. The van der Waals surface area contributed by atoms with Crippen LogP contribution < -0.4 is 4.90 Å². The van der Waals surface area contributed by atoms with Gasteiger partial charge in [-0.25, -0.2) is 4.98 Å². The molecule has 1 amide bonds. The van der Waals surface area contributed by atoms with Gasteiger partial charge in [0.1, 0.15) is 17.4 Å². The molecule has 0 saturated carbocycles. The molecule has 3 aromatic rings. The van der Waals surface area contributed by atoms with Crippen LogP contribution >= 0.6 is 22.9 Å². The predicted molar refractivity (Wildman–Crippen MR) is 108 cm³/mol. The molecule has 0 radical (unpaired) electrons. The van der Waals surface area contributed by atoms with Crippen LogP contribution in [0.1, 0.15) is 28.7 Å². The third-order valence-corrected chi connectivity index (χ3v) is 4.92. The maximum atomic E-state index is 12.5. The molecule has 0 aliphatic rings. The summed E-state index contributed by atoms with van der Waals surface area (Å²) in [6.07, 6.45) is 2.79. The van der Waals surface area contributed by atoms with E-state index >= 15 is 0 Å². The Morgan fingerprint density at radius 1 is 1.36 bits per heavy atom. The van der Waals surface area contributed by atoms with Gasteiger partial charge >= 0.3 is 0 Å². The maximum Gasteiger partial charge on any atom is 0.230 e. The number of allylic oxidation sites excluding steroid dienone is 1. The van der Waals surface area contributed by atoms with Crippen molar-refractivity contribution in [3.05, 3.63) is 69.6 Å². The van der Waals surface area contributed by atoms with Crippen molar-refractivity contribution < 1.29 is 14.0 Å². The molecule has 0 fully saturated rings. The first-order chi connectivity index (χ1) is 13.4. The van der Waals surface area contributed by atoms with E-state index in [9.17, 15) is 14.9 Å². The fraction of sp³-hybridized carbons (Fsp3) is 0.100. The molecule has 0 aliphatic heterocycles. The van der Waals surface area contributed by atoms with Gasteiger partial charge in [-0.15, -0.1) is 11.3 Å². The lowest BCUT2D eigenvalue weighted by molar-refractivity contribution is -0.115. The van der Waals surface area contributed by atoms with Gasteiger partial charge in [-0.1, -0.05) is 17.7 Å². The van der Waals surface area contributed by atoms with E-state index in [2.05, 4.69) is 4.98 Å². The number of hydrogen-bond acceptors (Lipinski definition) is 6. The van der Waals surface area contributed by atoms with Crippen molar-refractivity contribution in [2.45, 2.75) is 13.8 Å². The van der Waals surface area contributed by atoms with Gasteiger partial charge < -0.3 is 4.42 Å². The van der Waals surface area contributed by atoms with Crippen LogP contribution in [0.3, 0.4) is 0 Å². The van der Waals surface area contributed by atoms with Crippen molar-refractivity contribution in [2.24, 2.45) is 0 Å². The van der Waals surface area contributed by atoms with Gasteiger partial charge in [-0.3, -0.25) is 14.5 Å². The predicted octanol–water partition coefficient (Wildman–Crippen LogP) is 5.17. The van der Waals surface area contributed by atoms with Crippen molar-refractivity contribution in [3.8, 4) is 6.07 Å². The van der Waals surface area contributed by atoms with E-state index in [4.69, 9.17) is 16.0 Å². The number of aromatic nitrogens is 1. The number of rotatable bonds is 5. The second-order valence-electron chi connectivity index (χ2n) is 5.78. The zero-order valence-corrected chi connectivity index (χ0v) is 16.5. The van der Waals surface area contributed by atoms with E-state index in [0.717, 1.165) is 0 Å². The van der Waals surface area contributed by atoms with Gasteiger partial charge in [0.05, 0.1) is 23.2 Å². The Kier molecular flexibility index (Phi) is 5.73. The summed E-state index contributed by atoms with van der Waals surface area (Å²) in [6, 6.07) is 10.3. The number of halogens is 1. The zero-order valence-electron chi connectivity index (χ0n) is 15.0.